The molecule has 0 unspecified atom stereocenters. The number of nitrogens with zero attached hydrogens (tertiary/aromatic N) is 3. The summed E-state index contributed by atoms with van der Waals surface area (Å²) in [5, 5.41) is 7.61. The summed E-state index contributed by atoms with van der Waals surface area (Å²) in [6.45, 7) is 4.54. The molecule has 0 atom stereocenters. The topological polar surface area (TPSA) is 70.8 Å². The molecule has 2 aromatic rings. The molecule has 7 nitrogen and oxygen atoms in total. The number of fused-ring (bicyclic) bond motifs is 1. The van der Waals surface area contributed by atoms with Crippen LogP contribution < -0.4 is 10.2 Å². The van der Waals surface area contributed by atoms with Crippen molar-refractivity contribution in [3.05, 3.63) is 23.8 Å². The van der Waals surface area contributed by atoms with Crippen molar-refractivity contribution in [2.75, 3.05) is 51.3 Å². The first-order valence-electron chi connectivity index (χ1n) is 11.0. The van der Waals surface area contributed by atoms with Crippen LogP contribution in [0.3, 0.4) is 0 Å². The van der Waals surface area contributed by atoms with Gasteiger partial charge in [-0.2, -0.15) is 0 Å². The zero-order chi connectivity index (χ0) is 21.8. The van der Waals surface area contributed by atoms with E-state index in [4.69, 9.17) is 9.26 Å². The number of carbonyl (C=O) groups excluding carboxylic acids is 1. The fraction of sp³-hybridized carbons (Fsp3) is 0.636. The first-order valence-corrected chi connectivity index (χ1v) is 11.0. The molecule has 0 radical (unpaired) electrons. The Labute approximate surface area is 180 Å². The molecule has 1 saturated heterocycles. The smallest absolute Gasteiger partial charge is 0.246 e. The zero-order valence-corrected chi connectivity index (χ0v) is 17.9. The number of hydrogen-bond acceptors (Lipinski definition) is 6. The van der Waals surface area contributed by atoms with E-state index >= 15 is 0 Å². The molecule has 9 heteroatoms. The molecule has 1 saturated carbocycles. The van der Waals surface area contributed by atoms with Crippen LogP contribution in [-0.2, 0) is 9.53 Å². The predicted octanol–water partition coefficient (Wildman–Crippen LogP) is 2.94. The summed E-state index contributed by atoms with van der Waals surface area (Å²) >= 11 is 0. The number of aromatic nitrogens is 1. The summed E-state index contributed by atoms with van der Waals surface area (Å²) in [5.74, 6) is -0.556. The monoisotopic (exact) mass is 436 g/mol. The van der Waals surface area contributed by atoms with E-state index in [2.05, 4.69) is 20.3 Å². The second-order valence-corrected chi connectivity index (χ2v) is 8.60. The lowest BCUT2D eigenvalue weighted by Gasteiger charge is -2.36. The van der Waals surface area contributed by atoms with Crippen LogP contribution in [0.5, 0.6) is 0 Å². The van der Waals surface area contributed by atoms with E-state index in [1.54, 1.807) is 0 Å². The van der Waals surface area contributed by atoms with Gasteiger partial charge in [-0.15, -0.1) is 0 Å². The van der Waals surface area contributed by atoms with Crippen LogP contribution in [0.25, 0.3) is 11.0 Å². The molecule has 1 aromatic heterocycles. The first-order chi connectivity index (χ1) is 15.0. The van der Waals surface area contributed by atoms with Crippen molar-refractivity contribution in [1.29, 1.82) is 0 Å². The quantitative estimate of drug-likeness (QED) is 0.720. The van der Waals surface area contributed by atoms with Gasteiger partial charge in [0, 0.05) is 45.4 Å². The van der Waals surface area contributed by atoms with E-state index in [1.807, 2.05) is 0 Å². The Morgan fingerprint density at radius 3 is 2.58 bits per heavy atom. The lowest BCUT2D eigenvalue weighted by molar-refractivity contribution is -0.125. The molecule has 2 fully saturated rings. The number of ether oxygens (including phenoxy) is 1. The highest BCUT2D eigenvalue weighted by atomic mass is 19.2. The van der Waals surface area contributed by atoms with Gasteiger partial charge in [0.1, 0.15) is 6.61 Å². The van der Waals surface area contributed by atoms with Crippen LogP contribution in [0, 0.1) is 17.6 Å². The Morgan fingerprint density at radius 1 is 1.16 bits per heavy atom. The van der Waals surface area contributed by atoms with Crippen molar-refractivity contribution in [1.82, 2.24) is 15.4 Å². The maximum atomic E-state index is 13.6. The fourth-order valence-corrected chi connectivity index (χ4v) is 4.69. The number of amides is 1. The van der Waals surface area contributed by atoms with Gasteiger partial charge in [-0.05, 0) is 50.6 Å². The standard InChI is InChI=1S/C22H30F2N4O3/c1-30-14-21(29)25-16-4-2-15(3-5-16)6-7-27-8-10-28(11-9-27)22-17-12-18(23)19(24)13-20(17)31-26-22/h12-13,15-16H,2-11,14H2,1H3,(H,25,29)/t15-,16-. The third-order valence-electron chi connectivity index (χ3n) is 6.51. The molecule has 1 N–H and O–H groups in total. The molecule has 1 amide bonds. The van der Waals surface area contributed by atoms with Gasteiger partial charge >= 0.3 is 0 Å². The number of benzene rings is 1. The van der Waals surface area contributed by atoms with Crippen molar-refractivity contribution < 1.29 is 22.8 Å². The number of piperazine rings is 1. The Morgan fingerprint density at radius 2 is 1.87 bits per heavy atom. The van der Waals surface area contributed by atoms with Gasteiger partial charge < -0.3 is 19.5 Å². The molecular weight excluding hydrogens is 406 g/mol. The lowest BCUT2D eigenvalue weighted by Crippen LogP contribution is -2.47. The first kappa shape index (κ1) is 22.0. The minimum Gasteiger partial charge on any atom is -0.375 e. The van der Waals surface area contributed by atoms with Crippen LogP contribution in [0.1, 0.15) is 32.1 Å². The highest BCUT2D eigenvalue weighted by Crippen LogP contribution is 2.30. The van der Waals surface area contributed by atoms with E-state index < -0.39 is 11.6 Å². The molecule has 1 aliphatic carbocycles. The molecule has 4 rings (SSSR count). The summed E-state index contributed by atoms with van der Waals surface area (Å²) in [6, 6.07) is 2.49. The van der Waals surface area contributed by atoms with Crippen LogP contribution in [0.4, 0.5) is 14.6 Å². The Hall–Kier alpha value is -2.26. The van der Waals surface area contributed by atoms with Crippen molar-refractivity contribution in [2.45, 2.75) is 38.1 Å². The molecule has 1 aromatic carbocycles. The highest BCUT2D eigenvalue weighted by molar-refractivity contribution is 5.88. The molecule has 1 aliphatic heterocycles. The maximum absolute atomic E-state index is 13.6. The van der Waals surface area contributed by atoms with E-state index in [9.17, 15) is 13.6 Å². The molecule has 0 bridgehead atoms. The molecule has 2 heterocycles. The van der Waals surface area contributed by atoms with Gasteiger partial charge in [-0.25, -0.2) is 8.78 Å². The minimum absolute atomic E-state index is 0.0309. The van der Waals surface area contributed by atoms with E-state index in [0.29, 0.717) is 17.1 Å². The van der Waals surface area contributed by atoms with E-state index in [0.717, 1.165) is 77.0 Å². The Kier molecular flexibility index (Phi) is 7.02. The SMILES string of the molecule is COCC(=O)N[C@H]1CC[C@H](CCN2CCN(c3noc4cc(F)c(F)cc34)CC2)CC1. The Balaban J connectivity index is 1.20. The second-order valence-electron chi connectivity index (χ2n) is 8.60. The van der Waals surface area contributed by atoms with Gasteiger partial charge in [0.15, 0.2) is 23.0 Å². The molecular formula is C22H30F2N4O3. The summed E-state index contributed by atoms with van der Waals surface area (Å²) in [7, 11) is 1.53. The van der Waals surface area contributed by atoms with E-state index in [-0.39, 0.29) is 24.1 Å². The number of nitrogens with one attached hydrogen (secondary N) is 1. The number of hydrogen-bond donors (Lipinski definition) is 1. The van der Waals surface area contributed by atoms with Crippen molar-refractivity contribution in [3.8, 4) is 0 Å². The van der Waals surface area contributed by atoms with Gasteiger partial charge in [-0.1, -0.05) is 5.16 Å². The lowest BCUT2D eigenvalue weighted by atomic mass is 9.84. The number of rotatable bonds is 7. The maximum Gasteiger partial charge on any atom is 0.246 e. The van der Waals surface area contributed by atoms with Gasteiger partial charge in [0.2, 0.25) is 5.91 Å². The number of anilines is 1. The highest BCUT2D eigenvalue weighted by Gasteiger charge is 2.25. The average Bonchev–Trinajstić information content (AvgIpc) is 3.16. The van der Waals surface area contributed by atoms with Gasteiger partial charge in [-0.3, -0.25) is 9.69 Å². The molecule has 0 spiro atoms. The second kappa shape index (κ2) is 9.91. The van der Waals surface area contributed by atoms with Crippen molar-refractivity contribution >= 4 is 22.7 Å². The van der Waals surface area contributed by atoms with Gasteiger partial charge in [0.25, 0.3) is 0 Å². The zero-order valence-electron chi connectivity index (χ0n) is 17.9. The Bertz CT molecular complexity index is 890. The van der Waals surface area contributed by atoms with Crippen LogP contribution in [0.15, 0.2) is 16.7 Å². The summed E-state index contributed by atoms with van der Waals surface area (Å²) in [4.78, 5) is 16.2. The normalized spacial score (nSPS) is 22.7. The molecule has 31 heavy (non-hydrogen) atoms. The number of halogens is 2. The number of carbonyl (C=O) groups is 1. The summed E-state index contributed by atoms with van der Waals surface area (Å²) in [5.41, 5.74) is 0.269. The summed E-state index contributed by atoms with van der Waals surface area (Å²) in [6.07, 6.45) is 5.51. The molecule has 2 aliphatic rings. The average molecular weight is 437 g/mol. The van der Waals surface area contributed by atoms with Crippen LogP contribution >= 0.6 is 0 Å². The summed E-state index contributed by atoms with van der Waals surface area (Å²) < 4.78 is 37.1. The largest absolute Gasteiger partial charge is 0.375 e. The van der Waals surface area contributed by atoms with Crippen molar-refractivity contribution in [3.63, 3.8) is 0 Å². The minimum atomic E-state index is -0.925. The predicted molar refractivity (Wildman–Crippen MR) is 113 cm³/mol. The van der Waals surface area contributed by atoms with E-state index in [1.165, 1.54) is 7.11 Å². The number of methoxy groups -OCH3 is 1. The molecule has 170 valence electrons. The third-order valence-corrected chi connectivity index (χ3v) is 6.51. The van der Waals surface area contributed by atoms with Crippen molar-refractivity contribution in [2.24, 2.45) is 5.92 Å². The fourth-order valence-electron chi connectivity index (χ4n) is 4.69. The third kappa shape index (κ3) is 5.33. The van der Waals surface area contributed by atoms with Crippen LogP contribution in [0.2, 0.25) is 0 Å². The van der Waals surface area contributed by atoms with Gasteiger partial charge in [0.05, 0.1) is 5.39 Å². The van der Waals surface area contributed by atoms with Crippen LogP contribution in [-0.4, -0.2) is 68.4 Å².